The lowest BCUT2D eigenvalue weighted by atomic mass is 9.91. The number of benzene rings is 1. The van der Waals surface area contributed by atoms with Gasteiger partial charge in [-0.05, 0) is 36.8 Å². The zero-order chi connectivity index (χ0) is 19.6. The number of rotatable bonds is 6. The lowest BCUT2D eigenvalue weighted by Crippen LogP contribution is -2.51. The van der Waals surface area contributed by atoms with Crippen molar-refractivity contribution in [3.8, 4) is 0 Å². The third kappa shape index (κ3) is 3.84. The van der Waals surface area contributed by atoms with E-state index in [1.807, 2.05) is 0 Å². The highest BCUT2D eigenvalue weighted by atomic mass is 19.1. The molecule has 2 N–H and O–H groups in total. The van der Waals surface area contributed by atoms with Crippen LogP contribution in [0, 0.1) is 11.7 Å². The molecule has 7 nitrogen and oxygen atoms in total. The van der Waals surface area contributed by atoms with Crippen LogP contribution in [0.5, 0.6) is 0 Å². The Kier molecular flexibility index (Phi) is 4.98. The summed E-state index contributed by atoms with van der Waals surface area (Å²) in [6.45, 7) is 1.76. The van der Waals surface area contributed by atoms with Crippen LogP contribution < -0.4 is 5.32 Å². The second-order valence-electron chi connectivity index (χ2n) is 6.68. The maximum Gasteiger partial charge on any atom is 0.333 e. The number of nitrogens with one attached hydrogen (secondary N) is 1. The van der Waals surface area contributed by atoms with Crippen LogP contribution in [-0.4, -0.2) is 34.3 Å². The van der Waals surface area contributed by atoms with Crippen LogP contribution >= 0.6 is 0 Å². The first-order valence-electron chi connectivity index (χ1n) is 8.41. The van der Waals surface area contributed by atoms with Gasteiger partial charge in [-0.2, -0.15) is 0 Å². The Bertz CT molecular complexity index is 849. The molecule has 2 heterocycles. The minimum absolute atomic E-state index is 0.00828. The van der Waals surface area contributed by atoms with Crippen molar-refractivity contribution in [2.45, 2.75) is 25.4 Å². The lowest BCUT2D eigenvalue weighted by Gasteiger charge is -2.28. The smallest absolute Gasteiger partial charge is 0.333 e. The molecule has 2 unspecified atom stereocenters. The van der Waals surface area contributed by atoms with Crippen molar-refractivity contribution in [3.63, 3.8) is 0 Å². The van der Waals surface area contributed by atoms with E-state index in [4.69, 9.17) is 4.42 Å². The number of carbonyl (C=O) groups is 3. The Balaban J connectivity index is 1.72. The molecule has 0 spiro atoms. The average Bonchev–Trinajstić information content (AvgIpc) is 3.26. The largest absolute Gasteiger partial charge is 0.479 e. The van der Waals surface area contributed by atoms with Crippen LogP contribution in [-0.2, 0) is 26.5 Å². The van der Waals surface area contributed by atoms with Crippen LogP contribution in [0.1, 0.15) is 24.7 Å². The molecule has 3 rings (SSSR count). The molecule has 2 atom stereocenters. The van der Waals surface area contributed by atoms with E-state index in [9.17, 15) is 23.9 Å². The third-order valence-electron chi connectivity index (χ3n) is 4.73. The van der Waals surface area contributed by atoms with Gasteiger partial charge in [0, 0.05) is 13.0 Å². The Labute approximate surface area is 154 Å². The first-order chi connectivity index (χ1) is 12.8. The molecule has 0 bridgehead atoms. The molecule has 1 aliphatic heterocycles. The number of hydrogen-bond acceptors (Lipinski definition) is 4. The number of likely N-dealkylation sites (tertiary alicyclic amines) is 1. The van der Waals surface area contributed by atoms with Gasteiger partial charge in [0.25, 0.3) is 0 Å². The summed E-state index contributed by atoms with van der Waals surface area (Å²) < 4.78 is 18.4. The lowest BCUT2D eigenvalue weighted by molar-refractivity contribution is -0.148. The van der Waals surface area contributed by atoms with E-state index in [0.717, 1.165) is 12.1 Å². The van der Waals surface area contributed by atoms with Gasteiger partial charge in [0.05, 0.1) is 18.7 Å². The average molecular weight is 374 g/mol. The molecule has 0 aliphatic carbocycles. The van der Waals surface area contributed by atoms with Crippen molar-refractivity contribution < 1.29 is 28.3 Å². The van der Waals surface area contributed by atoms with Crippen molar-refractivity contribution >= 4 is 17.8 Å². The summed E-state index contributed by atoms with van der Waals surface area (Å²) in [4.78, 5) is 38.1. The SMILES string of the molecule is CC(NC(=O)C1CC(=O)N(Cc2ccco2)C1)(C(=O)O)c1ccc(F)cc1. The highest BCUT2D eigenvalue weighted by Gasteiger charge is 2.41. The van der Waals surface area contributed by atoms with E-state index in [-0.39, 0.29) is 31.0 Å². The maximum absolute atomic E-state index is 13.1. The Hall–Kier alpha value is -3.16. The summed E-state index contributed by atoms with van der Waals surface area (Å²) in [5.74, 6) is -2.60. The third-order valence-corrected chi connectivity index (χ3v) is 4.73. The number of carboxylic acids is 1. The van der Waals surface area contributed by atoms with Crippen LogP contribution in [0.25, 0.3) is 0 Å². The Morgan fingerprint density at radius 2 is 2.04 bits per heavy atom. The molecule has 1 aromatic heterocycles. The number of hydrogen-bond donors (Lipinski definition) is 2. The number of furan rings is 1. The second kappa shape index (κ2) is 7.22. The van der Waals surface area contributed by atoms with Gasteiger partial charge in [-0.15, -0.1) is 0 Å². The van der Waals surface area contributed by atoms with E-state index < -0.39 is 29.2 Å². The van der Waals surface area contributed by atoms with E-state index >= 15 is 0 Å². The number of carboxylic acid groups (broad SMARTS) is 1. The number of halogens is 1. The molecule has 2 aromatic rings. The van der Waals surface area contributed by atoms with E-state index in [1.165, 1.54) is 30.2 Å². The molecule has 2 amide bonds. The summed E-state index contributed by atoms with van der Waals surface area (Å²) in [6, 6.07) is 8.33. The van der Waals surface area contributed by atoms with Crippen LogP contribution in [0.2, 0.25) is 0 Å². The predicted molar refractivity (Wildman–Crippen MR) is 91.8 cm³/mol. The van der Waals surface area contributed by atoms with Crippen molar-refractivity contribution in [3.05, 3.63) is 59.8 Å². The van der Waals surface area contributed by atoms with Crippen molar-refractivity contribution in [2.24, 2.45) is 5.92 Å². The quantitative estimate of drug-likeness (QED) is 0.804. The monoisotopic (exact) mass is 374 g/mol. The van der Waals surface area contributed by atoms with Gasteiger partial charge in [0.2, 0.25) is 11.8 Å². The number of amides is 2. The summed E-state index contributed by atoms with van der Waals surface area (Å²) in [5, 5.41) is 12.1. The van der Waals surface area contributed by atoms with Gasteiger partial charge in [0.1, 0.15) is 11.6 Å². The maximum atomic E-state index is 13.1. The molecule has 1 fully saturated rings. The van der Waals surface area contributed by atoms with Crippen LogP contribution in [0.4, 0.5) is 4.39 Å². The van der Waals surface area contributed by atoms with Crippen molar-refractivity contribution in [1.29, 1.82) is 0 Å². The fourth-order valence-electron chi connectivity index (χ4n) is 3.07. The molecular formula is C19H19FN2O5. The zero-order valence-corrected chi connectivity index (χ0v) is 14.6. The standard InChI is InChI=1S/C19H19FN2O5/c1-19(18(25)26,13-4-6-14(20)7-5-13)21-17(24)12-9-16(23)22(10-12)11-15-3-2-8-27-15/h2-8,12H,9-11H2,1H3,(H,21,24)(H,25,26). The van der Waals surface area contributed by atoms with Gasteiger partial charge < -0.3 is 19.7 Å². The topological polar surface area (TPSA) is 99.9 Å². The molecule has 1 aromatic carbocycles. The summed E-state index contributed by atoms with van der Waals surface area (Å²) >= 11 is 0. The van der Waals surface area contributed by atoms with Crippen LogP contribution in [0.3, 0.4) is 0 Å². The van der Waals surface area contributed by atoms with Crippen LogP contribution in [0.15, 0.2) is 47.1 Å². The summed E-state index contributed by atoms with van der Waals surface area (Å²) in [7, 11) is 0. The Morgan fingerprint density at radius 3 is 2.63 bits per heavy atom. The summed E-state index contributed by atoms with van der Waals surface area (Å²) in [5.41, 5.74) is -1.50. The fourth-order valence-corrected chi connectivity index (χ4v) is 3.07. The molecule has 142 valence electrons. The van der Waals surface area contributed by atoms with Crippen molar-refractivity contribution in [1.82, 2.24) is 10.2 Å². The van der Waals surface area contributed by atoms with E-state index in [0.29, 0.717) is 5.76 Å². The number of aliphatic carboxylic acids is 1. The molecule has 0 radical (unpaired) electrons. The number of nitrogens with zero attached hydrogens (tertiary/aromatic N) is 1. The molecule has 8 heteroatoms. The highest BCUT2D eigenvalue weighted by Crippen LogP contribution is 2.25. The normalized spacial score (nSPS) is 19.0. The first-order valence-corrected chi connectivity index (χ1v) is 8.41. The first kappa shape index (κ1) is 18.6. The molecule has 1 saturated heterocycles. The Morgan fingerprint density at radius 1 is 1.33 bits per heavy atom. The fraction of sp³-hybridized carbons (Fsp3) is 0.316. The highest BCUT2D eigenvalue weighted by molar-refractivity contribution is 5.93. The van der Waals surface area contributed by atoms with Gasteiger partial charge in [-0.25, -0.2) is 9.18 Å². The molecule has 27 heavy (non-hydrogen) atoms. The van der Waals surface area contributed by atoms with E-state index in [1.54, 1.807) is 12.1 Å². The van der Waals surface area contributed by atoms with Gasteiger partial charge in [0.15, 0.2) is 5.54 Å². The zero-order valence-electron chi connectivity index (χ0n) is 14.6. The van der Waals surface area contributed by atoms with Gasteiger partial charge in [-0.3, -0.25) is 9.59 Å². The molecule has 1 aliphatic rings. The molecular weight excluding hydrogens is 355 g/mol. The second-order valence-corrected chi connectivity index (χ2v) is 6.68. The number of carbonyl (C=O) groups excluding carboxylic acids is 2. The predicted octanol–water partition coefficient (Wildman–Crippen LogP) is 1.88. The van der Waals surface area contributed by atoms with E-state index in [2.05, 4.69) is 5.32 Å². The summed E-state index contributed by atoms with van der Waals surface area (Å²) in [6.07, 6.45) is 1.49. The molecule has 0 saturated carbocycles. The van der Waals surface area contributed by atoms with Crippen molar-refractivity contribution in [2.75, 3.05) is 6.54 Å². The van der Waals surface area contributed by atoms with Gasteiger partial charge >= 0.3 is 5.97 Å². The minimum atomic E-state index is -1.73. The minimum Gasteiger partial charge on any atom is -0.479 e. The van der Waals surface area contributed by atoms with Gasteiger partial charge in [-0.1, -0.05) is 12.1 Å².